The van der Waals surface area contributed by atoms with Crippen LogP contribution in [0.3, 0.4) is 0 Å². The van der Waals surface area contributed by atoms with Gasteiger partial charge in [0.05, 0.1) is 24.5 Å². The Hall–Kier alpha value is -2.60. The minimum Gasteiger partial charge on any atom is -0.498 e. The number of nitrogens with zero attached hydrogens (tertiary/aromatic N) is 3. The lowest BCUT2D eigenvalue weighted by atomic mass is 9.98. The summed E-state index contributed by atoms with van der Waals surface area (Å²) in [5.41, 5.74) is 2.90. The first-order valence-corrected chi connectivity index (χ1v) is 10.4. The number of hydrogen-bond donors (Lipinski definition) is 1. The van der Waals surface area contributed by atoms with Crippen molar-refractivity contribution in [2.75, 3.05) is 45.2 Å². The standard InChI is InChI=1S/C23H32N4O2/c1-5-18(3)29-15-10-23(28)24-19-7-8-21-20(16-19)17(2)6-9-22(25-21)27-13-11-26(4)12-14-27/h5-9,16-17H,10-15H2,1-4H3,(H,24,28)/b18-5+. The molecule has 1 fully saturated rings. The van der Waals surface area contributed by atoms with E-state index in [0.717, 1.165) is 54.7 Å². The number of carbonyl (C=O) groups excluding carboxylic acids is 1. The Labute approximate surface area is 173 Å². The lowest BCUT2D eigenvalue weighted by Gasteiger charge is -2.33. The molecule has 1 aromatic rings. The maximum Gasteiger partial charge on any atom is 0.227 e. The van der Waals surface area contributed by atoms with Gasteiger partial charge in [0.1, 0.15) is 5.84 Å². The van der Waals surface area contributed by atoms with Crippen molar-refractivity contribution in [1.29, 1.82) is 0 Å². The van der Waals surface area contributed by atoms with Gasteiger partial charge in [-0.2, -0.15) is 0 Å². The van der Waals surface area contributed by atoms with Crippen LogP contribution < -0.4 is 5.32 Å². The lowest BCUT2D eigenvalue weighted by Crippen LogP contribution is -2.46. The second-order valence-electron chi connectivity index (χ2n) is 7.73. The molecule has 0 spiro atoms. The molecule has 2 heterocycles. The smallest absolute Gasteiger partial charge is 0.227 e. The number of allylic oxidation sites excluding steroid dienone is 3. The molecule has 0 bridgehead atoms. The highest BCUT2D eigenvalue weighted by atomic mass is 16.5. The average molecular weight is 397 g/mol. The Balaban J connectivity index is 1.68. The quantitative estimate of drug-likeness (QED) is 0.767. The van der Waals surface area contributed by atoms with E-state index in [4.69, 9.17) is 9.73 Å². The highest BCUT2D eigenvalue weighted by Gasteiger charge is 2.20. The number of piperazine rings is 1. The van der Waals surface area contributed by atoms with Gasteiger partial charge in [-0.05, 0) is 50.7 Å². The third kappa shape index (κ3) is 5.70. The summed E-state index contributed by atoms with van der Waals surface area (Å²) in [6, 6.07) is 5.97. The van der Waals surface area contributed by atoms with E-state index >= 15 is 0 Å². The van der Waals surface area contributed by atoms with Crippen molar-refractivity contribution >= 4 is 23.1 Å². The van der Waals surface area contributed by atoms with Crippen molar-refractivity contribution in [3.8, 4) is 0 Å². The minimum absolute atomic E-state index is 0.0488. The van der Waals surface area contributed by atoms with Crippen molar-refractivity contribution in [2.45, 2.75) is 33.1 Å². The number of nitrogens with one attached hydrogen (secondary N) is 1. The van der Waals surface area contributed by atoms with Crippen LogP contribution in [0.4, 0.5) is 11.4 Å². The molecule has 1 aromatic carbocycles. The summed E-state index contributed by atoms with van der Waals surface area (Å²) in [6.45, 7) is 10.4. The van der Waals surface area contributed by atoms with Gasteiger partial charge in [0.15, 0.2) is 0 Å². The molecule has 156 valence electrons. The summed E-state index contributed by atoms with van der Waals surface area (Å²) in [5, 5.41) is 2.98. The monoisotopic (exact) mass is 396 g/mol. The fraction of sp³-hybridized carbons (Fsp3) is 0.478. The van der Waals surface area contributed by atoms with E-state index in [2.05, 4.69) is 41.2 Å². The van der Waals surface area contributed by atoms with Gasteiger partial charge in [0, 0.05) is 37.8 Å². The molecule has 1 atom stereocenters. The van der Waals surface area contributed by atoms with Crippen molar-refractivity contribution in [1.82, 2.24) is 9.80 Å². The molecule has 2 aliphatic heterocycles. The van der Waals surface area contributed by atoms with E-state index in [1.165, 1.54) is 0 Å². The molecule has 6 heteroatoms. The molecule has 2 aliphatic rings. The molecule has 1 unspecified atom stereocenters. The largest absolute Gasteiger partial charge is 0.498 e. The van der Waals surface area contributed by atoms with Gasteiger partial charge < -0.3 is 19.9 Å². The van der Waals surface area contributed by atoms with Gasteiger partial charge in [-0.3, -0.25) is 4.79 Å². The van der Waals surface area contributed by atoms with E-state index < -0.39 is 0 Å². The third-order valence-electron chi connectivity index (χ3n) is 5.46. The summed E-state index contributed by atoms with van der Waals surface area (Å²) in [4.78, 5) is 21.8. The normalized spacial score (nSPS) is 20.0. The number of rotatable bonds is 5. The molecule has 1 N–H and O–H groups in total. The molecule has 0 aliphatic carbocycles. The highest BCUT2D eigenvalue weighted by molar-refractivity contribution is 5.96. The molecular formula is C23H32N4O2. The van der Waals surface area contributed by atoms with Crippen LogP contribution in [0.5, 0.6) is 0 Å². The number of carbonyl (C=O) groups is 1. The minimum atomic E-state index is -0.0488. The fourth-order valence-corrected chi connectivity index (χ4v) is 3.42. The van der Waals surface area contributed by atoms with Crippen LogP contribution in [0, 0.1) is 0 Å². The van der Waals surface area contributed by atoms with Gasteiger partial charge in [-0.1, -0.05) is 19.1 Å². The molecule has 0 saturated carbocycles. The number of likely N-dealkylation sites (N-methyl/N-ethyl adjacent to an activating group) is 1. The number of ether oxygens (including phenoxy) is 1. The number of fused-ring (bicyclic) bond motifs is 1. The van der Waals surface area contributed by atoms with E-state index in [-0.39, 0.29) is 11.8 Å². The molecule has 1 amide bonds. The highest BCUT2D eigenvalue weighted by Crippen LogP contribution is 2.33. The van der Waals surface area contributed by atoms with Crippen molar-refractivity contribution < 1.29 is 9.53 Å². The maximum absolute atomic E-state index is 12.2. The van der Waals surface area contributed by atoms with Crippen LogP contribution in [-0.4, -0.2) is 61.4 Å². The van der Waals surface area contributed by atoms with Gasteiger partial charge in [0.25, 0.3) is 0 Å². The van der Waals surface area contributed by atoms with Gasteiger partial charge in [0.2, 0.25) is 5.91 Å². The van der Waals surface area contributed by atoms with E-state index in [9.17, 15) is 4.79 Å². The van der Waals surface area contributed by atoms with E-state index in [1.54, 1.807) is 0 Å². The summed E-state index contributed by atoms with van der Waals surface area (Å²) in [7, 11) is 2.16. The molecule has 6 nitrogen and oxygen atoms in total. The number of aliphatic imine (C=N–C) groups is 1. The van der Waals surface area contributed by atoms with Crippen LogP contribution >= 0.6 is 0 Å². The van der Waals surface area contributed by atoms with Gasteiger partial charge in [-0.25, -0.2) is 4.99 Å². The number of benzene rings is 1. The predicted molar refractivity (Wildman–Crippen MR) is 119 cm³/mol. The number of amidine groups is 1. The number of amides is 1. The Kier molecular flexibility index (Phi) is 7.09. The average Bonchev–Trinajstić information content (AvgIpc) is 2.87. The van der Waals surface area contributed by atoms with Crippen molar-refractivity contribution in [3.05, 3.63) is 47.7 Å². The van der Waals surface area contributed by atoms with Gasteiger partial charge in [-0.15, -0.1) is 0 Å². The Bertz CT molecular complexity index is 820. The van der Waals surface area contributed by atoms with Crippen molar-refractivity contribution in [3.63, 3.8) is 0 Å². The van der Waals surface area contributed by atoms with Crippen LogP contribution in [0.25, 0.3) is 0 Å². The molecule has 3 rings (SSSR count). The first-order valence-electron chi connectivity index (χ1n) is 10.4. The zero-order valence-electron chi connectivity index (χ0n) is 17.9. The van der Waals surface area contributed by atoms with Crippen molar-refractivity contribution in [2.24, 2.45) is 4.99 Å². The summed E-state index contributed by atoms with van der Waals surface area (Å²) < 4.78 is 5.47. The Morgan fingerprint density at radius 3 is 2.79 bits per heavy atom. The lowest BCUT2D eigenvalue weighted by molar-refractivity contribution is -0.116. The zero-order chi connectivity index (χ0) is 20.8. The summed E-state index contributed by atoms with van der Waals surface area (Å²) in [5.74, 6) is 2.04. The second kappa shape index (κ2) is 9.74. The zero-order valence-corrected chi connectivity index (χ0v) is 17.9. The molecule has 1 saturated heterocycles. The maximum atomic E-state index is 12.2. The van der Waals surface area contributed by atoms with Crippen LogP contribution in [-0.2, 0) is 9.53 Å². The number of hydrogen-bond acceptors (Lipinski definition) is 5. The van der Waals surface area contributed by atoms with E-state index in [0.29, 0.717) is 13.0 Å². The summed E-state index contributed by atoms with van der Waals surface area (Å²) >= 11 is 0. The molecule has 0 aromatic heterocycles. The number of anilines is 1. The van der Waals surface area contributed by atoms with E-state index in [1.807, 2.05) is 38.1 Å². The van der Waals surface area contributed by atoms with Crippen LogP contribution in [0.15, 0.2) is 47.2 Å². The fourth-order valence-electron chi connectivity index (χ4n) is 3.42. The first kappa shape index (κ1) is 21.1. The Morgan fingerprint density at radius 2 is 2.07 bits per heavy atom. The Morgan fingerprint density at radius 1 is 1.31 bits per heavy atom. The predicted octanol–water partition coefficient (Wildman–Crippen LogP) is 3.91. The summed E-state index contributed by atoms with van der Waals surface area (Å²) in [6.07, 6.45) is 6.54. The molecule has 29 heavy (non-hydrogen) atoms. The molecule has 0 radical (unpaired) electrons. The molecular weight excluding hydrogens is 364 g/mol. The van der Waals surface area contributed by atoms with Crippen LogP contribution in [0.1, 0.15) is 38.7 Å². The SMILES string of the molecule is C/C=C(\C)OCCC(=O)Nc1ccc2c(c1)C(C)C=CC(N1CCN(C)CC1)=N2. The third-order valence-corrected chi connectivity index (χ3v) is 5.46. The first-order chi connectivity index (χ1) is 14.0. The van der Waals surface area contributed by atoms with Gasteiger partial charge >= 0.3 is 0 Å². The van der Waals surface area contributed by atoms with Crippen LogP contribution in [0.2, 0.25) is 0 Å². The topological polar surface area (TPSA) is 57.2 Å². The second-order valence-corrected chi connectivity index (χ2v) is 7.73.